The normalized spacial score (nSPS) is 25.7. The number of hydrogen-bond acceptors (Lipinski definition) is 4. The lowest BCUT2D eigenvalue weighted by molar-refractivity contribution is -0.142. The fraction of sp³-hybridized carbons (Fsp3) is 0.737. The maximum atomic E-state index is 12.3. The molecule has 1 spiro atoms. The fourth-order valence-corrected chi connectivity index (χ4v) is 4.67. The second-order valence-corrected chi connectivity index (χ2v) is 8.19. The molecule has 26 heavy (non-hydrogen) atoms. The predicted octanol–water partition coefficient (Wildman–Crippen LogP) is 1.58. The van der Waals surface area contributed by atoms with E-state index >= 15 is 0 Å². The predicted molar refractivity (Wildman–Crippen MR) is 95.3 cm³/mol. The molecule has 2 saturated heterocycles. The van der Waals surface area contributed by atoms with Crippen LogP contribution in [0.4, 0.5) is 0 Å². The van der Waals surface area contributed by atoms with Crippen molar-refractivity contribution in [1.82, 2.24) is 19.4 Å². The number of aliphatic carboxylic acids is 1. The molecule has 1 atom stereocenters. The Balaban J connectivity index is 1.44. The van der Waals surface area contributed by atoms with Gasteiger partial charge < -0.3 is 14.6 Å². The van der Waals surface area contributed by atoms with Crippen molar-refractivity contribution in [3.8, 4) is 0 Å². The van der Waals surface area contributed by atoms with Crippen LogP contribution < -0.4 is 0 Å². The molecule has 3 fully saturated rings. The molecule has 0 radical (unpaired) electrons. The summed E-state index contributed by atoms with van der Waals surface area (Å²) in [5.74, 6) is 0.767. The number of nitrogens with zero attached hydrogens (tertiary/aromatic N) is 4. The van der Waals surface area contributed by atoms with E-state index in [-0.39, 0.29) is 11.3 Å². The van der Waals surface area contributed by atoms with Gasteiger partial charge in [0.25, 0.3) is 0 Å². The number of imidazole rings is 1. The average molecular weight is 360 g/mol. The SMILES string of the molecule is CCn1ccnc1CN1CC2(CCN(C(=O)C3CC3)CC2)C[C@H]1C(=O)O. The smallest absolute Gasteiger partial charge is 0.320 e. The van der Waals surface area contributed by atoms with Crippen molar-refractivity contribution < 1.29 is 14.7 Å². The van der Waals surface area contributed by atoms with Crippen molar-refractivity contribution in [2.24, 2.45) is 11.3 Å². The molecule has 3 heterocycles. The molecule has 1 aromatic heterocycles. The lowest BCUT2D eigenvalue weighted by atomic mass is 9.76. The van der Waals surface area contributed by atoms with Crippen LogP contribution in [0.2, 0.25) is 0 Å². The standard InChI is InChI=1S/C19H28N4O3/c1-2-21-10-7-20-16(21)12-23-13-19(11-15(23)18(25)26)5-8-22(9-6-19)17(24)14-3-4-14/h7,10,14-15H,2-6,8-9,11-13H2,1H3,(H,25,26)/t15-/m0/s1. The average Bonchev–Trinajstić information content (AvgIpc) is 3.29. The first kappa shape index (κ1) is 17.5. The van der Waals surface area contributed by atoms with Crippen LogP contribution in [0.15, 0.2) is 12.4 Å². The van der Waals surface area contributed by atoms with Gasteiger partial charge in [-0.2, -0.15) is 0 Å². The van der Waals surface area contributed by atoms with Gasteiger partial charge in [0.05, 0.1) is 6.54 Å². The molecule has 7 nitrogen and oxygen atoms in total. The summed E-state index contributed by atoms with van der Waals surface area (Å²) in [6, 6.07) is -0.456. The first-order valence-electron chi connectivity index (χ1n) is 9.77. The molecule has 1 aromatic rings. The highest BCUT2D eigenvalue weighted by atomic mass is 16.4. The van der Waals surface area contributed by atoms with Crippen LogP contribution in [0.5, 0.6) is 0 Å². The Bertz CT molecular complexity index is 689. The van der Waals surface area contributed by atoms with Crippen LogP contribution in [0.25, 0.3) is 0 Å². The Kier molecular flexibility index (Phi) is 4.50. The molecule has 0 bridgehead atoms. The van der Waals surface area contributed by atoms with E-state index in [2.05, 4.69) is 21.4 Å². The highest BCUT2D eigenvalue weighted by Gasteiger charge is 2.49. The molecule has 0 aromatic carbocycles. The van der Waals surface area contributed by atoms with Crippen molar-refractivity contribution in [2.45, 2.75) is 58.2 Å². The van der Waals surface area contributed by atoms with Gasteiger partial charge in [0.1, 0.15) is 11.9 Å². The number of rotatable bonds is 5. The zero-order valence-electron chi connectivity index (χ0n) is 15.4. The van der Waals surface area contributed by atoms with Gasteiger partial charge in [0.15, 0.2) is 0 Å². The van der Waals surface area contributed by atoms with Gasteiger partial charge in [-0.15, -0.1) is 0 Å². The summed E-state index contributed by atoms with van der Waals surface area (Å²) in [5.41, 5.74) is 0.0209. The molecule has 7 heteroatoms. The number of carbonyl (C=O) groups is 2. The van der Waals surface area contributed by atoms with Crippen LogP contribution in [0, 0.1) is 11.3 Å². The lowest BCUT2D eigenvalue weighted by Crippen LogP contribution is -2.44. The number of aromatic nitrogens is 2. The largest absolute Gasteiger partial charge is 0.480 e. The number of carboxylic acids is 1. The summed E-state index contributed by atoms with van der Waals surface area (Å²) >= 11 is 0. The second kappa shape index (κ2) is 6.68. The van der Waals surface area contributed by atoms with Gasteiger partial charge in [0.2, 0.25) is 5.91 Å². The van der Waals surface area contributed by atoms with Crippen LogP contribution in [-0.4, -0.2) is 62.0 Å². The van der Waals surface area contributed by atoms with Crippen molar-refractivity contribution in [3.63, 3.8) is 0 Å². The van der Waals surface area contributed by atoms with E-state index in [1.54, 1.807) is 6.20 Å². The summed E-state index contributed by atoms with van der Waals surface area (Å²) in [6.45, 7) is 5.82. The Hall–Kier alpha value is -1.89. The number of amides is 1. The third-order valence-corrected chi connectivity index (χ3v) is 6.44. The summed E-state index contributed by atoms with van der Waals surface area (Å²) in [7, 11) is 0. The summed E-state index contributed by atoms with van der Waals surface area (Å²) in [6.07, 6.45) is 8.31. The van der Waals surface area contributed by atoms with Crippen LogP contribution >= 0.6 is 0 Å². The second-order valence-electron chi connectivity index (χ2n) is 8.19. The molecule has 3 aliphatic rings. The topological polar surface area (TPSA) is 78.7 Å². The van der Waals surface area contributed by atoms with Crippen molar-refractivity contribution in [2.75, 3.05) is 19.6 Å². The monoisotopic (exact) mass is 360 g/mol. The molecule has 1 aliphatic carbocycles. The molecule has 142 valence electrons. The Labute approximate surface area is 154 Å². The van der Waals surface area contributed by atoms with Crippen molar-refractivity contribution >= 4 is 11.9 Å². The van der Waals surface area contributed by atoms with Gasteiger partial charge in [-0.25, -0.2) is 4.98 Å². The van der Waals surface area contributed by atoms with Crippen LogP contribution in [0.1, 0.15) is 44.9 Å². The van der Waals surface area contributed by atoms with E-state index in [9.17, 15) is 14.7 Å². The number of aryl methyl sites for hydroxylation is 1. The molecule has 2 aliphatic heterocycles. The van der Waals surface area contributed by atoms with Gasteiger partial charge in [-0.3, -0.25) is 14.5 Å². The maximum absolute atomic E-state index is 12.3. The Morgan fingerprint density at radius 1 is 1.31 bits per heavy atom. The minimum atomic E-state index is -0.743. The third-order valence-electron chi connectivity index (χ3n) is 6.44. The first-order valence-corrected chi connectivity index (χ1v) is 9.77. The van der Waals surface area contributed by atoms with E-state index in [4.69, 9.17) is 0 Å². The Morgan fingerprint density at radius 2 is 2.04 bits per heavy atom. The molecule has 1 amide bonds. The zero-order valence-corrected chi connectivity index (χ0v) is 15.4. The number of hydrogen-bond donors (Lipinski definition) is 1. The fourth-order valence-electron chi connectivity index (χ4n) is 4.67. The minimum Gasteiger partial charge on any atom is -0.480 e. The quantitative estimate of drug-likeness (QED) is 0.862. The van der Waals surface area contributed by atoms with E-state index in [1.807, 2.05) is 11.1 Å². The van der Waals surface area contributed by atoms with E-state index < -0.39 is 12.0 Å². The number of carboxylic acid groups (broad SMARTS) is 1. The van der Waals surface area contributed by atoms with E-state index in [0.29, 0.717) is 18.9 Å². The summed E-state index contributed by atoms with van der Waals surface area (Å²) in [5, 5.41) is 9.74. The molecular weight excluding hydrogens is 332 g/mol. The van der Waals surface area contributed by atoms with Crippen LogP contribution in [-0.2, 0) is 22.7 Å². The van der Waals surface area contributed by atoms with E-state index in [1.165, 1.54) is 0 Å². The molecule has 4 rings (SSSR count). The summed E-state index contributed by atoms with van der Waals surface area (Å²) < 4.78 is 2.07. The molecular formula is C19H28N4O3. The van der Waals surface area contributed by atoms with Crippen LogP contribution in [0.3, 0.4) is 0 Å². The molecule has 1 N–H and O–H groups in total. The van der Waals surface area contributed by atoms with E-state index in [0.717, 1.165) is 57.7 Å². The highest BCUT2D eigenvalue weighted by Crippen LogP contribution is 2.44. The van der Waals surface area contributed by atoms with Crippen molar-refractivity contribution in [1.29, 1.82) is 0 Å². The lowest BCUT2D eigenvalue weighted by Gasteiger charge is -2.39. The minimum absolute atomic E-state index is 0.0209. The summed E-state index contributed by atoms with van der Waals surface area (Å²) in [4.78, 5) is 32.6. The first-order chi connectivity index (χ1) is 12.5. The van der Waals surface area contributed by atoms with Gasteiger partial charge >= 0.3 is 5.97 Å². The van der Waals surface area contributed by atoms with Gasteiger partial charge in [0, 0.05) is 44.5 Å². The molecule has 0 unspecified atom stereocenters. The number of carbonyl (C=O) groups excluding carboxylic acids is 1. The molecule has 1 saturated carbocycles. The number of likely N-dealkylation sites (tertiary alicyclic amines) is 2. The van der Waals surface area contributed by atoms with Gasteiger partial charge in [-0.05, 0) is 44.4 Å². The van der Waals surface area contributed by atoms with Crippen molar-refractivity contribution in [3.05, 3.63) is 18.2 Å². The maximum Gasteiger partial charge on any atom is 0.320 e. The number of piperidine rings is 1. The Morgan fingerprint density at radius 3 is 2.65 bits per heavy atom. The van der Waals surface area contributed by atoms with Gasteiger partial charge in [-0.1, -0.05) is 0 Å². The highest BCUT2D eigenvalue weighted by molar-refractivity contribution is 5.81. The third kappa shape index (κ3) is 3.24. The zero-order chi connectivity index (χ0) is 18.3.